The summed E-state index contributed by atoms with van der Waals surface area (Å²) in [5.41, 5.74) is 0.873. The van der Waals surface area contributed by atoms with Gasteiger partial charge < -0.3 is 19.9 Å². The number of hydrogen-bond donors (Lipinski definition) is 2. The molecule has 0 bridgehead atoms. The molecule has 2 fully saturated rings. The van der Waals surface area contributed by atoms with Gasteiger partial charge in [0.1, 0.15) is 5.82 Å². The van der Waals surface area contributed by atoms with Crippen molar-refractivity contribution in [3.05, 3.63) is 17.7 Å². The van der Waals surface area contributed by atoms with E-state index in [2.05, 4.69) is 9.97 Å². The quantitative estimate of drug-likeness (QED) is 0.802. The van der Waals surface area contributed by atoms with E-state index < -0.39 is 0 Å². The largest absolute Gasteiger partial charge is 0.395 e. The number of imidazole rings is 1. The molecule has 2 heterocycles. The highest BCUT2D eigenvalue weighted by molar-refractivity contribution is 5.81. The molecule has 2 N–H and O–H groups in total. The number of nitrogens with zero attached hydrogens (tertiary/aromatic N) is 3. The molecule has 26 heavy (non-hydrogen) atoms. The van der Waals surface area contributed by atoms with Gasteiger partial charge in [0, 0.05) is 31.5 Å². The van der Waals surface area contributed by atoms with Crippen molar-refractivity contribution < 1.29 is 14.7 Å². The van der Waals surface area contributed by atoms with E-state index in [1.165, 1.54) is 0 Å². The Kier molecular flexibility index (Phi) is 6.29. The first kappa shape index (κ1) is 18.9. The number of aryl methyl sites for hydroxylation is 1. The van der Waals surface area contributed by atoms with Crippen LogP contribution >= 0.6 is 0 Å². The van der Waals surface area contributed by atoms with Crippen molar-refractivity contribution >= 4 is 11.8 Å². The van der Waals surface area contributed by atoms with Crippen LogP contribution in [0, 0.1) is 18.8 Å². The number of aliphatic hydroxyl groups excluding tert-OH is 1. The topological polar surface area (TPSA) is 89.5 Å². The minimum atomic E-state index is -0.0711. The molecule has 1 aromatic heterocycles. The van der Waals surface area contributed by atoms with Crippen LogP contribution in [0.3, 0.4) is 0 Å². The number of aliphatic hydroxyl groups is 1. The van der Waals surface area contributed by atoms with Gasteiger partial charge in [-0.25, -0.2) is 4.98 Å². The van der Waals surface area contributed by atoms with E-state index in [1.54, 1.807) is 11.1 Å². The second kappa shape index (κ2) is 8.66. The Morgan fingerprint density at radius 1 is 1.23 bits per heavy atom. The summed E-state index contributed by atoms with van der Waals surface area (Å²) in [5.74, 6) is 1.30. The molecule has 2 amide bonds. The van der Waals surface area contributed by atoms with Gasteiger partial charge in [-0.15, -0.1) is 0 Å². The summed E-state index contributed by atoms with van der Waals surface area (Å²) in [6.07, 6.45) is 7.51. The number of rotatable bonds is 6. The van der Waals surface area contributed by atoms with E-state index in [4.69, 9.17) is 0 Å². The fourth-order valence-corrected chi connectivity index (χ4v) is 4.18. The number of carbonyl (C=O) groups excluding carboxylic acids is 2. The van der Waals surface area contributed by atoms with Gasteiger partial charge in [-0.1, -0.05) is 12.8 Å². The zero-order valence-electron chi connectivity index (χ0n) is 15.6. The van der Waals surface area contributed by atoms with Crippen LogP contribution in [-0.2, 0) is 16.1 Å². The van der Waals surface area contributed by atoms with Crippen molar-refractivity contribution in [2.45, 2.75) is 52.0 Å². The summed E-state index contributed by atoms with van der Waals surface area (Å²) in [5, 5.41) is 9.33. The van der Waals surface area contributed by atoms with Crippen LogP contribution in [0.15, 0.2) is 6.20 Å². The Morgan fingerprint density at radius 2 is 1.92 bits per heavy atom. The maximum absolute atomic E-state index is 12.9. The van der Waals surface area contributed by atoms with Gasteiger partial charge in [-0.05, 0) is 32.6 Å². The third-order valence-corrected chi connectivity index (χ3v) is 5.66. The first-order valence-corrected chi connectivity index (χ1v) is 9.77. The van der Waals surface area contributed by atoms with Crippen LogP contribution in [0.1, 0.15) is 50.0 Å². The smallest absolute Gasteiger partial charge is 0.226 e. The lowest BCUT2D eigenvalue weighted by Crippen LogP contribution is -2.46. The van der Waals surface area contributed by atoms with E-state index in [0.717, 1.165) is 37.2 Å². The van der Waals surface area contributed by atoms with Crippen LogP contribution < -0.4 is 0 Å². The Bertz CT molecular complexity index is 616. The zero-order valence-corrected chi connectivity index (χ0v) is 15.6. The molecule has 1 aromatic rings. The molecule has 0 spiro atoms. The van der Waals surface area contributed by atoms with Crippen molar-refractivity contribution in [3.63, 3.8) is 0 Å². The molecule has 7 heteroatoms. The highest BCUT2D eigenvalue weighted by Crippen LogP contribution is 2.29. The van der Waals surface area contributed by atoms with Gasteiger partial charge in [-0.3, -0.25) is 9.59 Å². The second-order valence-corrected chi connectivity index (χ2v) is 7.56. The van der Waals surface area contributed by atoms with Gasteiger partial charge in [0.2, 0.25) is 11.8 Å². The van der Waals surface area contributed by atoms with Gasteiger partial charge in [0.05, 0.1) is 25.0 Å². The van der Waals surface area contributed by atoms with Crippen molar-refractivity contribution in [3.8, 4) is 0 Å². The lowest BCUT2D eigenvalue weighted by atomic mass is 9.94. The molecule has 1 saturated heterocycles. The lowest BCUT2D eigenvalue weighted by molar-refractivity contribution is -0.143. The third kappa shape index (κ3) is 4.44. The number of hydrogen-bond acceptors (Lipinski definition) is 4. The van der Waals surface area contributed by atoms with Gasteiger partial charge in [0.15, 0.2) is 0 Å². The third-order valence-electron chi connectivity index (χ3n) is 5.66. The van der Waals surface area contributed by atoms with Gasteiger partial charge in [-0.2, -0.15) is 0 Å². The predicted molar refractivity (Wildman–Crippen MR) is 97.1 cm³/mol. The molecule has 0 atom stereocenters. The number of H-pyrrole nitrogens is 1. The summed E-state index contributed by atoms with van der Waals surface area (Å²) in [6, 6.07) is 0. The molecule has 7 nitrogen and oxygen atoms in total. The van der Waals surface area contributed by atoms with Crippen LogP contribution in [0.5, 0.6) is 0 Å². The van der Waals surface area contributed by atoms with Crippen LogP contribution in [0.2, 0.25) is 0 Å². The Hall–Kier alpha value is -1.89. The lowest BCUT2D eigenvalue weighted by Gasteiger charge is -2.35. The second-order valence-electron chi connectivity index (χ2n) is 7.56. The van der Waals surface area contributed by atoms with Gasteiger partial charge in [0.25, 0.3) is 0 Å². The zero-order chi connectivity index (χ0) is 18.5. The number of amides is 2. The summed E-state index contributed by atoms with van der Waals surface area (Å²) in [7, 11) is 0. The van der Waals surface area contributed by atoms with Crippen molar-refractivity contribution in [1.29, 1.82) is 0 Å². The summed E-state index contributed by atoms with van der Waals surface area (Å²) >= 11 is 0. The number of piperidine rings is 1. The van der Waals surface area contributed by atoms with Crippen LogP contribution in [-0.4, -0.2) is 62.9 Å². The summed E-state index contributed by atoms with van der Waals surface area (Å²) < 4.78 is 0. The Labute approximate surface area is 154 Å². The monoisotopic (exact) mass is 362 g/mol. The normalized spacial score (nSPS) is 19.1. The maximum atomic E-state index is 12.9. The molecule has 144 valence electrons. The van der Waals surface area contributed by atoms with Crippen LogP contribution in [0.25, 0.3) is 0 Å². The van der Waals surface area contributed by atoms with Crippen molar-refractivity contribution in [1.82, 2.24) is 19.8 Å². The molecule has 1 saturated carbocycles. The first-order valence-electron chi connectivity index (χ1n) is 9.77. The molecule has 0 unspecified atom stereocenters. The average Bonchev–Trinajstić information content (AvgIpc) is 3.32. The Morgan fingerprint density at radius 3 is 2.50 bits per heavy atom. The molecule has 3 rings (SSSR count). The van der Waals surface area contributed by atoms with E-state index in [-0.39, 0.29) is 30.3 Å². The molecule has 1 aliphatic heterocycles. The first-order chi connectivity index (χ1) is 12.6. The fraction of sp³-hybridized carbons (Fsp3) is 0.737. The average molecular weight is 362 g/mol. The van der Waals surface area contributed by atoms with Gasteiger partial charge >= 0.3 is 0 Å². The molecule has 0 radical (unpaired) electrons. The van der Waals surface area contributed by atoms with E-state index in [1.807, 2.05) is 11.8 Å². The number of aromatic amines is 1. The number of aromatic nitrogens is 2. The highest BCUT2D eigenvalue weighted by atomic mass is 16.3. The maximum Gasteiger partial charge on any atom is 0.226 e. The predicted octanol–water partition coefficient (Wildman–Crippen LogP) is 1.47. The number of carbonyl (C=O) groups is 2. The number of nitrogens with one attached hydrogen (secondary N) is 1. The molecule has 2 aliphatic rings. The summed E-state index contributed by atoms with van der Waals surface area (Å²) in [4.78, 5) is 36.4. The molecular weight excluding hydrogens is 332 g/mol. The van der Waals surface area contributed by atoms with Crippen LogP contribution in [0.4, 0.5) is 0 Å². The summed E-state index contributed by atoms with van der Waals surface area (Å²) in [6.45, 7) is 3.90. The van der Waals surface area contributed by atoms with E-state index in [9.17, 15) is 14.7 Å². The fourth-order valence-electron chi connectivity index (χ4n) is 4.18. The minimum Gasteiger partial charge on any atom is -0.395 e. The molecule has 1 aliphatic carbocycles. The highest BCUT2D eigenvalue weighted by Gasteiger charge is 2.33. The SMILES string of the molecule is Cc1ncc(CN(CCO)C(=O)C2CCN(C(=O)C3CCCC3)CC2)[nH]1. The van der Waals surface area contributed by atoms with Crippen molar-refractivity contribution in [2.75, 3.05) is 26.2 Å². The minimum absolute atomic E-state index is 0.0577. The number of likely N-dealkylation sites (tertiary alicyclic amines) is 1. The molecule has 0 aromatic carbocycles. The van der Waals surface area contributed by atoms with E-state index in [0.29, 0.717) is 39.0 Å². The van der Waals surface area contributed by atoms with Crippen molar-refractivity contribution in [2.24, 2.45) is 11.8 Å². The molecular formula is C19H30N4O3. The van der Waals surface area contributed by atoms with E-state index >= 15 is 0 Å². The standard InChI is InChI=1S/C19H30N4O3/c1-14-20-12-17(21-14)13-23(10-11-24)19(26)16-6-8-22(9-7-16)18(25)15-4-2-3-5-15/h12,15-16,24H,2-11,13H2,1H3,(H,20,21). The Balaban J connectivity index is 1.54.